The van der Waals surface area contributed by atoms with Crippen molar-refractivity contribution in [2.75, 3.05) is 6.61 Å². The molecule has 0 aliphatic heterocycles. The first-order valence-electron chi connectivity index (χ1n) is 7.22. The molecule has 1 atom stereocenters. The standard InChI is InChI=1S/C16H23ClO3/c1-2-3-4-5-6-7-15(20-12-16(18)19)13-8-10-14(17)11-9-13/h8-11,15H,2-7,12H2,1H3,(H,18,19)/t15-/m0/s1. The highest BCUT2D eigenvalue weighted by molar-refractivity contribution is 6.30. The Morgan fingerprint density at radius 3 is 2.45 bits per heavy atom. The maximum absolute atomic E-state index is 10.7. The summed E-state index contributed by atoms with van der Waals surface area (Å²) >= 11 is 5.87. The summed E-state index contributed by atoms with van der Waals surface area (Å²) in [6.45, 7) is 1.93. The van der Waals surface area contributed by atoms with Crippen LogP contribution in [0.15, 0.2) is 24.3 Å². The van der Waals surface area contributed by atoms with Crippen molar-refractivity contribution in [3.63, 3.8) is 0 Å². The number of carboxylic acid groups (broad SMARTS) is 1. The van der Waals surface area contributed by atoms with Crippen LogP contribution in [0.5, 0.6) is 0 Å². The van der Waals surface area contributed by atoms with E-state index in [4.69, 9.17) is 21.4 Å². The van der Waals surface area contributed by atoms with Gasteiger partial charge in [0.2, 0.25) is 0 Å². The minimum absolute atomic E-state index is 0.162. The van der Waals surface area contributed by atoms with Crippen molar-refractivity contribution < 1.29 is 14.6 Å². The van der Waals surface area contributed by atoms with Crippen LogP contribution in [0, 0.1) is 0 Å². The van der Waals surface area contributed by atoms with Gasteiger partial charge in [0.15, 0.2) is 0 Å². The van der Waals surface area contributed by atoms with Gasteiger partial charge in [-0.3, -0.25) is 0 Å². The Morgan fingerprint density at radius 2 is 1.85 bits per heavy atom. The number of benzene rings is 1. The van der Waals surface area contributed by atoms with Gasteiger partial charge in [-0.25, -0.2) is 4.79 Å². The largest absolute Gasteiger partial charge is 0.480 e. The molecule has 0 saturated carbocycles. The van der Waals surface area contributed by atoms with Gasteiger partial charge in [0.1, 0.15) is 6.61 Å². The first-order valence-corrected chi connectivity index (χ1v) is 7.60. The van der Waals surface area contributed by atoms with Gasteiger partial charge in [0.05, 0.1) is 6.10 Å². The first-order chi connectivity index (χ1) is 9.63. The molecule has 0 aromatic heterocycles. The third-order valence-electron chi connectivity index (χ3n) is 3.22. The number of rotatable bonds is 10. The number of hydrogen-bond acceptors (Lipinski definition) is 2. The van der Waals surface area contributed by atoms with Crippen LogP contribution in [-0.4, -0.2) is 17.7 Å². The highest BCUT2D eigenvalue weighted by Gasteiger charge is 2.13. The van der Waals surface area contributed by atoms with Crippen molar-refractivity contribution in [3.8, 4) is 0 Å². The molecule has 0 unspecified atom stereocenters. The van der Waals surface area contributed by atoms with Gasteiger partial charge < -0.3 is 9.84 Å². The quantitative estimate of drug-likeness (QED) is 0.629. The van der Waals surface area contributed by atoms with Gasteiger partial charge >= 0.3 is 5.97 Å². The lowest BCUT2D eigenvalue weighted by molar-refractivity contribution is -0.144. The molecule has 20 heavy (non-hydrogen) atoms. The number of hydrogen-bond donors (Lipinski definition) is 1. The number of carbonyl (C=O) groups is 1. The van der Waals surface area contributed by atoms with E-state index in [2.05, 4.69) is 6.92 Å². The summed E-state index contributed by atoms with van der Waals surface area (Å²) in [4.78, 5) is 10.7. The van der Waals surface area contributed by atoms with Crippen LogP contribution in [0.2, 0.25) is 5.02 Å². The van der Waals surface area contributed by atoms with Gasteiger partial charge in [-0.05, 0) is 24.1 Å². The maximum Gasteiger partial charge on any atom is 0.329 e. The van der Waals surface area contributed by atoms with Crippen molar-refractivity contribution >= 4 is 17.6 Å². The number of unbranched alkanes of at least 4 members (excludes halogenated alkanes) is 4. The van der Waals surface area contributed by atoms with E-state index in [0.717, 1.165) is 24.8 Å². The van der Waals surface area contributed by atoms with E-state index in [9.17, 15) is 4.79 Å². The molecule has 1 aromatic rings. The molecule has 3 nitrogen and oxygen atoms in total. The Kier molecular flexibility index (Phi) is 8.31. The highest BCUT2D eigenvalue weighted by atomic mass is 35.5. The molecule has 0 saturated heterocycles. The number of ether oxygens (including phenoxy) is 1. The van der Waals surface area contributed by atoms with Crippen LogP contribution < -0.4 is 0 Å². The van der Waals surface area contributed by atoms with E-state index in [-0.39, 0.29) is 12.7 Å². The van der Waals surface area contributed by atoms with E-state index < -0.39 is 5.97 Å². The maximum atomic E-state index is 10.7. The minimum atomic E-state index is -0.935. The summed E-state index contributed by atoms with van der Waals surface area (Å²) < 4.78 is 5.49. The van der Waals surface area contributed by atoms with Crippen molar-refractivity contribution in [1.82, 2.24) is 0 Å². The van der Waals surface area contributed by atoms with Crippen LogP contribution in [0.25, 0.3) is 0 Å². The first kappa shape index (κ1) is 17.0. The lowest BCUT2D eigenvalue weighted by Crippen LogP contribution is -2.12. The van der Waals surface area contributed by atoms with E-state index >= 15 is 0 Å². The summed E-state index contributed by atoms with van der Waals surface area (Å²) in [6.07, 6.45) is 6.59. The summed E-state index contributed by atoms with van der Waals surface area (Å²) in [6, 6.07) is 7.43. The van der Waals surface area contributed by atoms with Crippen LogP contribution in [0.1, 0.15) is 57.1 Å². The summed E-state index contributed by atoms with van der Waals surface area (Å²) in [5, 5.41) is 9.42. The Bertz CT molecular complexity index is 389. The Hall–Kier alpha value is -1.06. The summed E-state index contributed by atoms with van der Waals surface area (Å²) in [5.41, 5.74) is 0.992. The second kappa shape index (κ2) is 9.78. The van der Waals surface area contributed by atoms with Gasteiger partial charge in [-0.1, -0.05) is 62.8 Å². The average Bonchev–Trinajstić information content (AvgIpc) is 2.43. The lowest BCUT2D eigenvalue weighted by atomic mass is 10.0. The highest BCUT2D eigenvalue weighted by Crippen LogP contribution is 2.25. The predicted molar refractivity (Wildman–Crippen MR) is 81.2 cm³/mol. The molecular formula is C16H23ClO3. The molecule has 0 amide bonds. The third-order valence-corrected chi connectivity index (χ3v) is 3.47. The van der Waals surface area contributed by atoms with E-state index in [1.54, 1.807) is 0 Å². The summed E-state index contributed by atoms with van der Waals surface area (Å²) in [5.74, 6) is -0.935. The van der Waals surface area contributed by atoms with Crippen LogP contribution in [0.4, 0.5) is 0 Å². The molecule has 4 heteroatoms. The molecule has 0 spiro atoms. The fourth-order valence-electron chi connectivity index (χ4n) is 2.13. The molecule has 1 rings (SSSR count). The molecule has 1 N–H and O–H groups in total. The second-order valence-electron chi connectivity index (χ2n) is 4.95. The zero-order valence-corrected chi connectivity index (χ0v) is 12.7. The Morgan fingerprint density at radius 1 is 1.20 bits per heavy atom. The lowest BCUT2D eigenvalue weighted by Gasteiger charge is -2.17. The SMILES string of the molecule is CCCCCCC[C@H](OCC(=O)O)c1ccc(Cl)cc1. The molecule has 0 aliphatic carbocycles. The Labute approximate surface area is 125 Å². The fourth-order valence-corrected chi connectivity index (χ4v) is 2.25. The number of carboxylic acids is 1. The van der Waals surface area contributed by atoms with Crippen LogP contribution in [0.3, 0.4) is 0 Å². The zero-order chi connectivity index (χ0) is 14.8. The van der Waals surface area contributed by atoms with E-state index in [1.165, 1.54) is 19.3 Å². The average molecular weight is 299 g/mol. The second-order valence-corrected chi connectivity index (χ2v) is 5.38. The van der Waals surface area contributed by atoms with Gasteiger partial charge in [0, 0.05) is 5.02 Å². The zero-order valence-electron chi connectivity index (χ0n) is 12.0. The fraction of sp³-hybridized carbons (Fsp3) is 0.562. The van der Waals surface area contributed by atoms with Crippen molar-refractivity contribution in [2.24, 2.45) is 0 Å². The monoisotopic (exact) mass is 298 g/mol. The van der Waals surface area contributed by atoms with E-state index in [1.807, 2.05) is 24.3 Å². The summed E-state index contributed by atoms with van der Waals surface area (Å²) in [7, 11) is 0. The van der Waals surface area contributed by atoms with Crippen molar-refractivity contribution in [3.05, 3.63) is 34.9 Å². The molecule has 1 aromatic carbocycles. The molecule has 0 heterocycles. The molecule has 0 bridgehead atoms. The smallest absolute Gasteiger partial charge is 0.329 e. The number of halogens is 1. The molecule has 0 aliphatic rings. The van der Waals surface area contributed by atoms with Gasteiger partial charge in [-0.15, -0.1) is 0 Å². The van der Waals surface area contributed by atoms with Crippen LogP contribution >= 0.6 is 11.6 Å². The minimum Gasteiger partial charge on any atom is -0.480 e. The van der Waals surface area contributed by atoms with Crippen molar-refractivity contribution in [1.29, 1.82) is 0 Å². The van der Waals surface area contributed by atoms with Gasteiger partial charge in [0.25, 0.3) is 0 Å². The molecule has 0 radical (unpaired) electrons. The van der Waals surface area contributed by atoms with Crippen LogP contribution in [-0.2, 0) is 9.53 Å². The third kappa shape index (κ3) is 6.92. The van der Waals surface area contributed by atoms with Gasteiger partial charge in [-0.2, -0.15) is 0 Å². The predicted octanol–water partition coefficient (Wildman–Crippen LogP) is 4.84. The molecule has 112 valence electrons. The normalized spacial score (nSPS) is 12.3. The van der Waals surface area contributed by atoms with E-state index in [0.29, 0.717) is 5.02 Å². The Balaban J connectivity index is 2.51. The topological polar surface area (TPSA) is 46.5 Å². The van der Waals surface area contributed by atoms with Crippen molar-refractivity contribution in [2.45, 2.75) is 51.6 Å². The molecule has 0 fully saturated rings. The number of aliphatic carboxylic acids is 1. The molecular weight excluding hydrogens is 276 g/mol.